The van der Waals surface area contributed by atoms with Crippen molar-refractivity contribution in [1.29, 1.82) is 0 Å². The summed E-state index contributed by atoms with van der Waals surface area (Å²) in [5.41, 5.74) is -1.50. The van der Waals surface area contributed by atoms with Crippen LogP contribution in [0.1, 0.15) is 22.1 Å². The minimum atomic E-state index is -4.65. The molecule has 0 unspecified atom stereocenters. The lowest BCUT2D eigenvalue weighted by Crippen LogP contribution is -2.38. The van der Waals surface area contributed by atoms with Crippen LogP contribution >= 0.6 is 11.3 Å². The fourth-order valence-electron chi connectivity index (χ4n) is 2.61. The van der Waals surface area contributed by atoms with E-state index in [1.807, 2.05) is 22.8 Å². The molecule has 1 aromatic carbocycles. The average Bonchev–Trinajstić information content (AvgIpc) is 3.36. The average molecular weight is 408 g/mol. The normalized spacial score (nSPS) is 12.4. The van der Waals surface area contributed by atoms with Crippen molar-refractivity contribution in [2.45, 2.75) is 12.1 Å². The largest absolute Gasteiger partial charge is 0.469 e. The predicted octanol–water partition coefficient (Wildman–Crippen LogP) is 4.25. The van der Waals surface area contributed by atoms with Crippen molar-refractivity contribution < 1.29 is 27.2 Å². The molecule has 2 N–H and O–H groups in total. The molecule has 0 aliphatic heterocycles. The fourth-order valence-corrected chi connectivity index (χ4v) is 3.45. The Hall–Kier alpha value is -3.07. The van der Waals surface area contributed by atoms with Crippen LogP contribution in [0.3, 0.4) is 0 Å². The Labute approximate surface area is 162 Å². The molecule has 5 nitrogen and oxygen atoms in total. The van der Waals surface area contributed by atoms with Crippen molar-refractivity contribution in [3.05, 3.63) is 76.4 Å². The third kappa shape index (κ3) is 4.61. The maximum absolute atomic E-state index is 13.0. The molecule has 2 amide bonds. The number of carbonyl (C=O) groups is 2. The molecule has 0 bridgehead atoms. The highest BCUT2D eigenvalue weighted by atomic mass is 32.1. The molecule has 0 saturated heterocycles. The summed E-state index contributed by atoms with van der Waals surface area (Å²) in [7, 11) is 0. The number of thiophene rings is 1. The number of carbonyl (C=O) groups excluding carboxylic acids is 2. The van der Waals surface area contributed by atoms with E-state index in [1.54, 1.807) is 12.1 Å². The van der Waals surface area contributed by atoms with Gasteiger partial charge in [0.25, 0.3) is 0 Å². The Balaban J connectivity index is 1.67. The highest BCUT2D eigenvalue weighted by Gasteiger charge is 2.34. The first-order valence-corrected chi connectivity index (χ1v) is 9.06. The number of benzene rings is 1. The van der Waals surface area contributed by atoms with E-state index in [0.29, 0.717) is 5.76 Å². The van der Waals surface area contributed by atoms with Crippen LogP contribution in [-0.4, -0.2) is 18.4 Å². The summed E-state index contributed by atoms with van der Waals surface area (Å²) in [5, 5.41) is 6.34. The zero-order chi connectivity index (χ0) is 20.1. The lowest BCUT2D eigenvalue weighted by Gasteiger charge is -2.15. The second-order valence-corrected chi connectivity index (χ2v) is 6.77. The standard InChI is InChI=1S/C19H15F3N2O3S/c20-19(21,22)13-5-1-2-6-14(13)24-18(26)17(25)23-11-12(15-7-3-9-27-15)16-8-4-10-28-16/h1-10,12H,11H2,(H,23,25)(H,24,26)/t12-/m1/s1. The van der Waals surface area contributed by atoms with E-state index in [-0.39, 0.29) is 12.5 Å². The molecule has 9 heteroatoms. The second-order valence-electron chi connectivity index (χ2n) is 5.79. The number of furan rings is 1. The maximum Gasteiger partial charge on any atom is 0.418 e. The number of hydrogen-bond acceptors (Lipinski definition) is 4. The van der Waals surface area contributed by atoms with Crippen LogP contribution in [0, 0.1) is 0 Å². The van der Waals surface area contributed by atoms with Crippen LogP contribution in [0.5, 0.6) is 0 Å². The van der Waals surface area contributed by atoms with E-state index in [9.17, 15) is 22.8 Å². The van der Waals surface area contributed by atoms with Crippen molar-refractivity contribution in [3.8, 4) is 0 Å². The van der Waals surface area contributed by atoms with Crippen molar-refractivity contribution in [2.75, 3.05) is 11.9 Å². The third-order valence-electron chi connectivity index (χ3n) is 3.93. The van der Waals surface area contributed by atoms with Gasteiger partial charge in [-0.25, -0.2) is 0 Å². The molecule has 2 aromatic heterocycles. The second kappa shape index (κ2) is 8.30. The van der Waals surface area contributed by atoms with Gasteiger partial charge in [0.2, 0.25) is 0 Å². The van der Waals surface area contributed by atoms with Gasteiger partial charge in [0, 0.05) is 11.4 Å². The molecule has 0 radical (unpaired) electrons. The van der Waals surface area contributed by atoms with Gasteiger partial charge in [-0.2, -0.15) is 13.2 Å². The molecular formula is C19H15F3N2O3S. The van der Waals surface area contributed by atoms with Gasteiger partial charge >= 0.3 is 18.0 Å². The number of halogens is 3. The van der Waals surface area contributed by atoms with E-state index in [1.165, 1.54) is 29.7 Å². The summed E-state index contributed by atoms with van der Waals surface area (Å²) in [5.74, 6) is -1.93. The van der Waals surface area contributed by atoms with Crippen molar-refractivity contribution in [1.82, 2.24) is 5.32 Å². The molecule has 0 aliphatic rings. The zero-order valence-electron chi connectivity index (χ0n) is 14.3. The number of anilines is 1. The quantitative estimate of drug-likeness (QED) is 0.620. The van der Waals surface area contributed by atoms with Crippen molar-refractivity contribution >= 4 is 28.8 Å². The summed E-state index contributed by atoms with van der Waals surface area (Å²) in [6.45, 7) is 0.0567. The summed E-state index contributed by atoms with van der Waals surface area (Å²) >= 11 is 1.46. The molecule has 0 spiro atoms. The Bertz CT molecular complexity index is 904. The first-order chi connectivity index (χ1) is 13.4. The Morgan fingerprint density at radius 3 is 2.46 bits per heavy atom. The molecule has 2 heterocycles. The SMILES string of the molecule is O=C(NC[C@H](c1ccco1)c1cccs1)C(=O)Nc1ccccc1C(F)(F)F. The fraction of sp³-hybridized carbons (Fsp3) is 0.158. The van der Waals surface area contributed by atoms with Gasteiger partial charge in [0.05, 0.1) is 23.4 Å². The Kier molecular flexibility index (Phi) is 5.84. The third-order valence-corrected chi connectivity index (χ3v) is 4.91. The summed E-state index contributed by atoms with van der Waals surface area (Å²) in [4.78, 5) is 25.1. The number of amides is 2. The highest BCUT2D eigenvalue weighted by molar-refractivity contribution is 7.10. The molecule has 0 saturated carbocycles. The van der Waals surface area contributed by atoms with Gasteiger partial charge in [0.15, 0.2) is 0 Å². The molecule has 3 rings (SSSR count). The van der Waals surface area contributed by atoms with E-state index in [4.69, 9.17) is 4.42 Å². The number of rotatable bonds is 5. The van der Waals surface area contributed by atoms with Crippen LogP contribution in [0.2, 0.25) is 0 Å². The summed E-state index contributed by atoms with van der Waals surface area (Å²) in [6.07, 6.45) is -3.15. The van der Waals surface area contributed by atoms with Crippen molar-refractivity contribution in [3.63, 3.8) is 0 Å². The number of alkyl halides is 3. The van der Waals surface area contributed by atoms with Gasteiger partial charge in [-0.3, -0.25) is 9.59 Å². The minimum absolute atomic E-state index is 0.0567. The van der Waals surface area contributed by atoms with E-state index in [0.717, 1.165) is 17.0 Å². The van der Waals surface area contributed by atoms with Crippen LogP contribution in [0.25, 0.3) is 0 Å². The van der Waals surface area contributed by atoms with E-state index >= 15 is 0 Å². The molecule has 146 valence electrons. The monoisotopic (exact) mass is 408 g/mol. The van der Waals surface area contributed by atoms with E-state index < -0.39 is 29.2 Å². The van der Waals surface area contributed by atoms with Crippen molar-refractivity contribution in [2.24, 2.45) is 0 Å². The predicted molar refractivity (Wildman–Crippen MR) is 98.0 cm³/mol. The summed E-state index contributed by atoms with van der Waals surface area (Å²) in [6, 6.07) is 11.6. The van der Waals surface area contributed by atoms with Gasteiger partial charge in [-0.1, -0.05) is 18.2 Å². The van der Waals surface area contributed by atoms with Crippen LogP contribution < -0.4 is 10.6 Å². The summed E-state index contributed by atoms with van der Waals surface area (Å²) < 4.78 is 44.4. The highest BCUT2D eigenvalue weighted by Crippen LogP contribution is 2.34. The molecule has 28 heavy (non-hydrogen) atoms. The Morgan fingerprint density at radius 1 is 1.04 bits per heavy atom. The molecule has 0 fully saturated rings. The number of nitrogens with one attached hydrogen (secondary N) is 2. The molecular weight excluding hydrogens is 393 g/mol. The smallest absolute Gasteiger partial charge is 0.418 e. The van der Waals surface area contributed by atoms with E-state index in [2.05, 4.69) is 5.32 Å². The Morgan fingerprint density at radius 2 is 1.82 bits per heavy atom. The van der Waals surface area contributed by atoms with Crippen LogP contribution in [-0.2, 0) is 15.8 Å². The topological polar surface area (TPSA) is 71.3 Å². The van der Waals surface area contributed by atoms with Gasteiger partial charge in [-0.15, -0.1) is 11.3 Å². The van der Waals surface area contributed by atoms with Gasteiger partial charge in [0.1, 0.15) is 5.76 Å². The van der Waals surface area contributed by atoms with Gasteiger partial charge in [-0.05, 0) is 35.7 Å². The molecule has 1 atom stereocenters. The first-order valence-electron chi connectivity index (χ1n) is 8.18. The lowest BCUT2D eigenvalue weighted by atomic mass is 10.0. The molecule has 0 aliphatic carbocycles. The van der Waals surface area contributed by atoms with Crippen LogP contribution in [0.15, 0.2) is 64.6 Å². The van der Waals surface area contributed by atoms with Gasteiger partial charge < -0.3 is 15.1 Å². The number of para-hydroxylation sites is 1. The minimum Gasteiger partial charge on any atom is -0.469 e. The zero-order valence-corrected chi connectivity index (χ0v) is 15.1. The lowest BCUT2D eigenvalue weighted by molar-refractivity contribution is -0.138. The number of hydrogen-bond donors (Lipinski definition) is 2. The van der Waals surface area contributed by atoms with Crippen LogP contribution in [0.4, 0.5) is 18.9 Å². The maximum atomic E-state index is 13.0. The first kappa shape index (κ1) is 19.7. The molecule has 3 aromatic rings.